The van der Waals surface area contributed by atoms with E-state index in [2.05, 4.69) is 52.5 Å². The second-order valence-corrected chi connectivity index (χ2v) is 4.76. The number of para-hydroxylation sites is 1. The molecule has 2 aromatic carbocycles. The first-order chi connectivity index (χ1) is 9.88. The molecule has 3 aromatic rings. The van der Waals surface area contributed by atoms with Crippen molar-refractivity contribution in [2.75, 3.05) is 5.32 Å². The van der Waals surface area contributed by atoms with Gasteiger partial charge in [-0.25, -0.2) is 9.97 Å². The van der Waals surface area contributed by atoms with Crippen molar-refractivity contribution < 1.29 is 0 Å². The van der Waals surface area contributed by atoms with E-state index in [0.29, 0.717) is 0 Å². The van der Waals surface area contributed by atoms with Crippen LogP contribution in [0.3, 0.4) is 0 Å². The van der Waals surface area contributed by atoms with Gasteiger partial charge in [-0.15, -0.1) is 0 Å². The molecule has 1 N–H and O–H groups in total. The van der Waals surface area contributed by atoms with Gasteiger partial charge in [-0.05, 0) is 24.1 Å². The fourth-order valence-corrected chi connectivity index (χ4v) is 2.39. The number of benzene rings is 2. The molecule has 3 rings (SSSR count). The number of hydrogen-bond donors (Lipinski definition) is 1. The van der Waals surface area contributed by atoms with E-state index in [9.17, 15) is 0 Å². The van der Waals surface area contributed by atoms with Crippen LogP contribution in [0.5, 0.6) is 0 Å². The molecule has 3 nitrogen and oxygen atoms in total. The number of fused-ring (bicyclic) bond motifs is 1. The molecule has 0 aliphatic rings. The molecule has 0 saturated carbocycles. The summed E-state index contributed by atoms with van der Waals surface area (Å²) in [6.07, 6.45) is 2.62. The third kappa shape index (κ3) is 2.48. The van der Waals surface area contributed by atoms with Crippen LogP contribution < -0.4 is 5.32 Å². The molecule has 0 aliphatic carbocycles. The van der Waals surface area contributed by atoms with Gasteiger partial charge in [0.05, 0.1) is 11.6 Å². The summed E-state index contributed by atoms with van der Waals surface area (Å²) in [5.74, 6) is 0.895. The molecular formula is C17H17N3. The Balaban J connectivity index is 1.96. The predicted octanol–water partition coefficient (Wildman–Crippen LogP) is 4.19. The number of rotatable bonds is 4. The fourth-order valence-electron chi connectivity index (χ4n) is 2.39. The van der Waals surface area contributed by atoms with E-state index in [0.717, 1.165) is 23.1 Å². The largest absolute Gasteiger partial charge is 0.363 e. The first-order valence-corrected chi connectivity index (χ1v) is 6.89. The maximum absolute atomic E-state index is 4.40. The first kappa shape index (κ1) is 12.6. The highest BCUT2D eigenvalue weighted by atomic mass is 15.0. The van der Waals surface area contributed by atoms with Crippen molar-refractivity contribution in [3.8, 4) is 0 Å². The lowest BCUT2D eigenvalue weighted by Crippen LogP contribution is -2.11. The summed E-state index contributed by atoms with van der Waals surface area (Å²) in [5.41, 5.74) is 2.24. The number of nitrogens with one attached hydrogen (secondary N) is 1. The summed E-state index contributed by atoms with van der Waals surface area (Å²) in [7, 11) is 0. The predicted molar refractivity (Wildman–Crippen MR) is 82.6 cm³/mol. The summed E-state index contributed by atoms with van der Waals surface area (Å²) in [5, 5.41) is 4.60. The molecular weight excluding hydrogens is 246 g/mol. The maximum atomic E-state index is 4.40. The lowest BCUT2D eigenvalue weighted by atomic mass is 10.0. The SMILES string of the molecule is CC[C@H](Nc1ncnc2ccccc12)c1ccccc1. The maximum Gasteiger partial charge on any atom is 0.137 e. The second-order valence-electron chi connectivity index (χ2n) is 4.76. The fraction of sp³-hybridized carbons (Fsp3) is 0.176. The van der Waals surface area contributed by atoms with E-state index in [-0.39, 0.29) is 6.04 Å². The van der Waals surface area contributed by atoms with Crippen molar-refractivity contribution in [2.45, 2.75) is 19.4 Å². The van der Waals surface area contributed by atoms with E-state index in [1.165, 1.54) is 5.56 Å². The molecule has 0 unspecified atom stereocenters. The molecule has 100 valence electrons. The standard InChI is InChI=1S/C17H17N3/c1-2-15(13-8-4-3-5-9-13)20-17-14-10-6-7-11-16(14)18-12-19-17/h3-12,15H,2H2,1H3,(H,18,19,20)/t15-/m0/s1. The summed E-state index contributed by atoms with van der Waals surface area (Å²) >= 11 is 0. The van der Waals surface area contributed by atoms with Gasteiger partial charge in [0.15, 0.2) is 0 Å². The van der Waals surface area contributed by atoms with Crippen LogP contribution in [0, 0.1) is 0 Å². The van der Waals surface area contributed by atoms with Gasteiger partial charge in [0.1, 0.15) is 12.1 Å². The Labute approximate surface area is 118 Å². The summed E-state index contributed by atoms with van der Waals surface area (Å²) in [4.78, 5) is 8.69. The Morgan fingerprint density at radius 1 is 0.950 bits per heavy atom. The lowest BCUT2D eigenvalue weighted by molar-refractivity contribution is 0.745. The number of aromatic nitrogens is 2. The van der Waals surface area contributed by atoms with E-state index >= 15 is 0 Å². The van der Waals surface area contributed by atoms with Crippen LogP contribution in [-0.4, -0.2) is 9.97 Å². The monoisotopic (exact) mass is 263 g/mol. The smallest absolute Gasteiger partial charge is 0.137 e. The molecule has 0 amide bonds. The highest BCUT2D eigenvalue weighted by Gasteiger charge is 2.11. The van der Waals surface area contributed by atoms with Crippen molar-refractivity contribution in [3.05, 3.63) is 66.5 Å². The molecule has 0 fully saturated rings. The molecule has 0 radical (unpaired) electrons. The number of hydrogen-bond acceptors (Lipinski definition) is 3. The zero-order valence-corrected chi connectivity index (χ0v) is 11.5. The van der Waals surface area contributed by atoms with E-state index in [4.69, 9.17) is 0 Å². The van der Waals surface area contributed by atoms with Gasteiger partial charge >= 0.3 is 0 Å². The molecule has 0 spiro atoms. The Morgan fingerprint density at radius 2 is 1.70 bits per heavy atom. The summed E-state index contributed by atoms with van der Waals surface area (Å²) in [6, 6.07) is 18.8. The molecule has 0 bridgehead atoms. The number of anilines is 1. The van der Waals surface area contributed by atoms with Crippen molar-refractivity contribution >= 4 is 16.7 Å². The van der Waals surface area contributed by atoms with Crippen LogP contribution in [-0.2, 0) is 0 Å². The minimum Gasteiger partial charge on any atom is -0.363 e. The second kappa shape index (κ2) is 5.70. The Hall–Kier alpha value is -2.42. The zero-order valence-electron chi connectivity index (χ0n) is 11.5. The van der Waals surface area contributed by atoms with Gasteiger partial charge in [-0.1, -0.05) is 49.4 Å². The van der Waals surface area contributed by atoms with Crippen LogP contribution in [0.1, 0.15) is 24.9 Å². The lowest BCUT2D eigenvalue weighted by Gasteiger charge is -2.18. The van der Waals surface area contributed by atoms with Crippen molar-refractivity contribution in [1.29, 1.82) is 0 Å². The minimum absolute atomic E-state index is 0.259. The topological polar surface area (TPSA) is 37.8 Å². The normalized spacial score (nSPS) is 12.2. The third-order valence-corrected chi connectivity index (χ3v) is 3.46. The minimum atomic E-state index is 0.259. The number of nitrogens with zero attached hydrogens (tertiary/aromatic N) is 2. The van der Waals surface area contributed by atoms with Gasteiger partial charge in [0, 0.05) is 5.39 Å². The van der Waals surface area contributed by atoms with E-state index in [1.807, 2.05) is 24.3 Å². The third-order valence-electron chi connectivity index (χ3n) is 3.46. The molecule has 0 saturated heterocycles. The molecule has 0 aliphatic heterocycles. The summed E-state index contributed by atoms with van der Waals surface area (Å²) < 4.78 is 0. The van der Waals surface area contributed by atoms with Crippen LogP contribution in [0.4, 0.5) is 5.82 Å². The molecule has 20 heavy (non-hydrogen) atoms. The molecule has 1 atom stereocenters. The van der Waals surface area contributed by atoms with Gasteiger partial charge in [0.2, 0.25) is 0 Å². The van der Waals surface area contributed by atoms with Crippen molar-refractivity contribution in [2.24, 2.45) is 0 Å². The average Bonchev–Trinajstić information content (AvgIpc) is 2.53. The van der Waals surface area contributed by atoms with Crippen LogP contribution in [0.2, 0.25) is 0 Å². The first-order valence-electron chi connectivity index (χ1n) is 6.89. The summed E-state index contributed by atoms with van der Waals surface area (Å²) in [6.45, 7) is 2.17. The van der Waals surface area contributed by atoms with Crippen LogP contribution in [0.25, 0.3) is 10.9 Å². The van der Waals surface area contributed by atoms with Crippen molar-refractivity contribution in [1.82, 2.24) is 9.97 Å². The molecule has 1 aromatic heterocycles. The Bertz CT molecular complexity index is 689. The van der Waals surface area contributed by atoms with Crippen molar-refractivity contribution in [3.63, 3.8) is 0 Å². The van der Waals surface area contributed by atoms with E-state index < -0.39 is 0 Å². The van der Waals surface area contributed by atoms with E-state index in [1.54, 1.807) is 6.33 Å². The zero-order chi connectivity index (χ0) is 13.8. The highest BCUT2D eigenvalue weighted by molar-refractivity contribution is 5.88. The Morgan fingerprint density at radius 3 is 2.50 bits per heavy atom. The van der Waals surface area contributed by atoms with Gasteiger partial charge in [0.25, 0.3) is 0 Å². The highest BCUT2D eigenvalue weighted by Crippen LogP contribution is 2.25. The quantitative estimate of drug-likeness (QED) is 0.766. The average molecular weight is 263 g/mol. The van der Waals surface area contributed by atoms with Gasteiger partial charge in [-0.2, -0.15) is 0 Å². The van der Waals surface area contributed by atoms with Crippen LogP contribution in [0.15, 0.2) is 60.9 Å². The molecule has 1 heterocycles. The van der Waals surface area contributed by atoms with Crippen LogP contribution >= 0.6 is 0 Å². The molecule has 3 heteroatoms. The van der Waals surface area contributed by atoms with Gasteiger partial charge < -0.3 is 5.32 Å². The van der Waals surface area contributed by atoms with Gasteiger partial charge in [-0.3, -0.25) is 0 Å². The Kier molecular flexibility index (Phi) is 3.59.